The van der Waals surface area contributed by atoms with Crippen LogP contribution in [0, 0.1) is 0 Å². The summed E-state index contributed by atoms with van der Waals surface area (Å²) >= 11 is 0. The molecule has 0 aliphatic carbocycles. The summed E-state index contributed by atoms with van der Waals surface area (Å²) in [4.78, 5) is 50.0. The molecule has 0 saturated carbocycles. The Morgan fingerprint density at radius 3 is 2.41 bits per heavy atom. The van der Waals surface area contributed by atoms with Gasteiger partial charge in [0.25, 0.3) is 5.56 Å². The number of hydrogen-bond acceptors (Lipinski definition) is 4. The van der Waals surface area contributed by atoms with Crippen molar-refractivity contribution in [2.24, 2.45) is 0 Å². The first-order valence-electron chi connectivity index (χ1n) is 8.65. The highest BCUT2D eigenvalue weighted by atomic mass is 16.2. The van der Waals surface area contributed by atoms with Crippen LogP contribution in [0.5, 0.6) is 0 Å². The molecule has 2 amide bonds. The van der Waals surface area contributed by atoms with Gasteiger partial charge < -0.3 is 10.2 Å². The van der Waals surface area contributed by atoms with E-state index in [1.54, 1.807) is 0 Å². The molecule has 0 atom stereocenters. The van der Waals surface area contributed by atoms with Crippen LogP contribution in [0.2, 0.25) is 0 Å². The van der Waals surface area contributed by atoms with Crippen LogP contribution in [-0.4, -0.2) is 45.5 Å². The average Bonchev–Trinajstić information content (AvgIpc) is 2.61. The summed E-state index contributed by atoms with van der Waals surface area (Å²) in [5, 5.41) is 2.68. The molecule has 144 valence electrons. The van der Waals surface area contributed by atoms with E-state index in [1.807, 2.05) is 44.2 Å². The van der Waals surface area contributed by atoms with E-state index in [2.05, 4.69) is 5.32 Å². The summed E-state index contributed by atoms with van der Waals surface area (Å²) in [7, 11) is 1.46. The van der Waals surface area contributed by atoms with E-state index >= 15 is 0 Å². The van der Waals surface area contributed by atoms with Crippen molar-refractivity contribution in [2.75, 3.05) is 13.6 Å². The van der Waals surface area contributed by atoms with E-state index in [0.29, 0.717) is 6.54 Å². The number of hydrogen-bond donors (Lipinski definition) is 1. The van der Waals surface area contributed by atoms with Crippen LogP contribution < -0.4 is 16.6 Å². The number of likely N-dealkylation sites (N-methyl/N-ethyl adjacent to an activating group) is 1. The number of aromatic nitrogens is 2. The molecule has 0 bridgehead atoms. The zero-order valence-corrected chi connectivity index (χ0v) is 15.7. The topological polar surface area (TPSA) is 93.4 Å². The van der Waals surface area contributed by atoms with Crippen molar-refractivity contribution in [3.63, 3.8) is 0 Å². The van der Waals surface area contributed by atoms with Gasteiger partial charge in [-0.2, -0.15) is 0 Å². The molecule has 1 aromatic carbocycles. The van der Waals surface area contributed by atoms with E-state index in [1.165, 1.54) is 28.8 Å². The molecule has 1 aromatic heterocycles. The van der Waals surface area contributed by atoms with Gasteiger partial charge in [0.15, 0.2) is 0 Å². The molecule has 2 aromatic rings. The standard InChI is InChI=1S/C19H24N4O4/c1-14(2)20-16(24)12-21(3)18(26)13-23-17(25)9-10-22(19(23)27)11-15-7-5-4-6-8-15/h4-10,14H,11-13H2,1-3H3,(H,20,24). The summed E-state index contributed by atoms with van der Waals surface area (Å²) < 4.78 is 2.25. The second kappa shape index (κ2) is 8.98. The Balaban J connectivity index is 2.14. The van der Waals surface area contributed by atoms with Crippen molar-refractivity contribution < 1.29 is 9.59 Å². The first-order chi connectivity index (χ1) is 12.8. The maximum Gasteiger partial charge on any atom is 0.331 e. The highest BCUT2D eigenvalue weighted by Gasteiger charge is 2.16. The van der Waals surface area contributed by atoms with Crippen LogP contribution in [0.15, 0.2) is 52.2 Å². The molecule has 0 fully saturated rings. The number of benzene rings is 1. The van der Waals surface area contributed by atoms with Gasteiger partial charge in [0.05, 0.1) is 13.1 Å². The van der Waals surface area contributed by atoms with E-state index in [-0.39, 0.29) is 18.5 Å². The molecule has 1 N–H and O–H groups in total. The van der Waals surface area contributed by atoms with Crippen LogP contribution in [0.3, 0.4) is 0 Å². The third-order valence-electron chi connectivity index (χ3n) is 3.89. The quantitative estimate of drug-likeness (QED) is 0.743. The largest absolute Gasteiger partial charge is 0.352 e. The lowest BCUT2D eigenvalue weighted by molar-refractivity contribution is -0.135. The molecular formula is C19H24N4O4. The van der Waals surface area contributed by atoms with Crippen molar-refractivity contribution in [1.82, 2.24) is 19.4 Å². The zero-order valence-electron chi connectivity index (χ0n) is 15.7. The van der Waals surface area contributed by atoms with Gasteiger partial charge in [-0.15, -0.1) is 0 Å². The van der Waals surface area contributed by atoms with Gasteiger partial charge in [0, 0.05) is 25.4 Å². The molecular weight excluding hydrogens is 348 g/mol. The van der Waals surface area contributed by atoms with E-state index < -0.39 is 23.7 Å². The Morgan fingerprint density at radius 1 is 1.11 bits per heavy atom. The van der Waals surface area contributed by atoms with Gasteiger partial charge in [-0.05, 0) is 19.4 Å². The predicted octanol–water partition coefficient (Wildman–Crippen LogP) is 0.0413. The van der Waals surface area contributed by atoms with E-state index in [9.17, 15) is 19.2 Å². The third kappa shape index (κ3) is 5.67. The lowest BCUT2D eigenvalue weighted by atomic mass is 10.2. The number of nitrogens with one attached hydrogen (secondary N) is 1. The molecule has 27 heavy (non-hydrogen) atoms. The Morgan fingerprint density at radius 2 is 1.78 bits per heavy atom. The molecule has 8 nitrogen and oxygen atoms in total. The van der Waals surface area contributed by atoms with Crippen LogP contribution in [0.4, 0.5) is 0 Å². The zero-order chi connectivity index (χ0) is 20.0. The van der Waals surface area contributed by atoms with Crippen molar-refractivity contribution in [2.45, 2.75) is 33.0 Å². The maximum atomic E-state index is 12.6. The Hall–Kier alpha value is -3.16. The number of amides is 2. The molecule has 2 rings (SSSR count). The minimum absolute atomic E-state index is 0.0389. The fourth-order valence-corrected chi connectivity index (χ4v) is 2.53. The summed E-state index contributed by atoms with van der Waals surface area (Å²) in [5.74, 6) is -0.798. The van der Waals surface area contributed by atoms with Gasteiger partial charge >= 0.3 is 5.69 Å². The smallest absolute Gasteiger partial charge is 0.331 e. The molecule has 0 unspecified atom stereocenters. The number of carbonyl (C=O) groups is 2. The fourth-order valence-electron chi connectivity index (χ4n) is 2.53. The van der Waals surface area contributed by atoms with E-state index in [0.717, 1.165) is 10.1 Å². The minimum Gasteiger partial charge on any atom is -0.352 e. The van der Waals surface area contributed by atoms with Crippen LogP contribution in [-0.2, 0) is 22.7 Å². The molecule has 0 aliphatic rings. The van der Waals surface area contributed by atoms with Crippen molar-refractivity contribution in [1.29, 1.82) is 0 Å². The summed E-state index contributed by atoms with van der Waals surface area (Å²) in [5.41, 5.74) is -0.226. The predicted molar refractivity (Wildman–Crippen MR) is 101 cm³/mol. The molecule has 8 heteroatoms. The third-order valence-corrected chi connectivity index (χ3v) is 3.89. The first kappa shape index (κ1) is 20.2. The first-order valence-corrected chi connectivity index (χ1v) is 8.65. The highest BCUT2D eigenvalue weighted by Crippen LogP contribution is 1.99. The van der Waals surface area contributed by atoms with Gasteiger partial charge in [0.2, 0.25) is 11.8 Å². The van der Waals surface area contributed by atoms with Crippen LogP contribution in [0.25, 0.3) is 0 Å². The average molecular weight is 372 g/mol. The lowest BCUT2D eigenvalue weighted by Gasteiger charge is -2.18. The van der Waals surface area contributed by atoms with Gasteiger partial charge in [-0.3, -0.25) is 23.5 Å². The summed E-state index contributed by atoms with van der Waals surface area (Å²) in [6.45, 7) is 3.37. The lowest BCUT2D eigenvalue weighted by Crippen LogP contribution is -2.46. The van der Waals surface area contributed by atoms with Gasteiger partial charge in [-0.1, -0.05) is 30.3 Å². The number of carbonyl (C=O) groups excluding carboxylic acids is 2. The molecule has 0 radical (unpaired) electrons. The minimum atomic E-state index is -0.570. The van der Waals surface area contributed by atoms with Gasteiger partial charge in [-0.25, -0.2) is 4.79 Å². The SMILES string of the molecule is CC(C)NC(=O)CN(C)C(=O)Cn1c(=O)ccn(Cc2ccccc2)c1=O. The Bertz CT molecular complexity index is 915. The van der Waals surface area contributed by atoms with Crippen molar-refractivity contribution in [3.8, 4) is 0 Å². The monoisotopic (exact) mass is 372 g/mol. The second-order valence-electron chi connectivity index (χ2n) is 6.61. The summed E-state index contributed by atoms with van der Waals surface area (Å²) in [6.07, 6.45) is 1.42. The maximum absolute atomic E-state index is 12.6. The Kier molecular flexibility index (Phi) is 6.70. The summed E-state index contributed by atoms with van der Waals surface area (Å²) in [6, 6.07) is 10.5. The number of rotatable bonds is 7. The fraction of sp³-hybridized carbons (Fsp3) is 0.368. The normalized spacial score (nSPS) is 10.7. The Labute approximate surface area is 157 Å². The molecule has 0 spiro atoms. The highest BCUT2D eigenvalue weighted by molar-refractivity contribution is 5.84. The number of nitrogens with zero attached hydrogens (tertiary/aromatic N) is 3. The molecule has 0 aliphatic heterocycles. The van der Waals surface area contributed by atoms with Gasteiger partial charge in [0.1, 0.15) is 6.54 Å². The van der Waals surface area contributed by atoms with E-state index in [4.69, 9.17) is 0 Å². The van der Waals surface area contributed by atoms with Crippen molar-refractivity contribution >= 4 is 11.8 Å². The van der Waals surface area contributed by atoms with Crippen LogP contribution >= 0.6 is 0 Å². The second-order valence-corrected chi connectivity index (χ2v) is 6.61. The van der Waals surface area contributed by atoms with Crippen molar-refractivity contribution in [3.05, 3.63) is 69.0 Å². The van der Waals surface area contributed by atoms with Crippen LogP contribution in [0.1, 0.15) is 19.4 Å². The molecule has 0 saturated heterocycles. The molecule has 1 heterocycles.